The summed E-state index contributed by atoms with van der Waals surface area (Å²) in [5, 5.41) is 5.57. The van der Waals surface area contributed by atoms with Crippen LogP contribution in [0.5, 0.6) is 0 Å². The third kappa shape index (κ3) is 4.38. The van der Waals surface area contributed by atoms with E-state index >= 15 is 0 Å². The van der Waals surface area contributed by atoms with Crippen molar-refractivity contribution in [1.82, 2.24) is 10.3 Å². The molecule has 0 fully saturated rings. The number of hydrogen-bond donors (Lipinski definition) is 2. The zero-order valence-corrected chi connectivity index (χ0v) is 13.4. The molecule has 3 N–H and O–H groups in total. The lowest BCUT2D eigenvalue weighted by molar-refractivity contribution is 0.0949. The second kappa shape index (κ2) is 7.14. The third-order valence-electron chi connectivity index (χ3n) is 2.43. The van der Waals surface area contributed by atoms with Gasteiger partial charge in [-0.25, -0.2) is 4.98 Å². The number of aromatic nitrogens is 1. The predicted octanol–water partition coefficient (Wildman–Crippen LogP) is 2.44. The summed E-state index contributed by atoms with van der Waals surface area (Å²) in [6.45, 7) is 1.18. The van der Waals surface area contributed by atoms with Gasteiger partial charge in [-0.1, -0.05) is 0 Å². The Balaban J connectivity index is 1.80. The Morgan fingerprint density at radius 1 is 1.42 bits per heavy atom. The van der Waals surface area contributed by atoms with Gasteiger partial charge in [-0.15, -0.1) is 22.7 Å². The molecule has 7 heteroatoms. The van der Waals surface area contributed by atoms with Crippen LogP contribution in [0.4, 0.5) is 0 Å². The highest BCUT2D eigenvalue weighted by molar-refractivity contribution is 9.11. The first-order valence-electron chi connectivity index (χ1n) is 5.86. The molecule has 0 aliphatic rings. The number of nitrogens with one attached hydrogen (secondary N) is 1. The van der Waals surface area contributed by atoms with E-state index in [-0.39, 0.29) is 5.91 Å². The van der Waals surface area contributed by atoms with Crippen molar-refractivity contribution in [3.63, 3.8) is 0 Å². The summed E-state index contributed by atoms with van der Waals surface area (Å²) in [6, 6.07) is 4.07. The predicted molar refractivity (Wildman–Crippen MR) is 82.9 cm³/mol. The van der Waals surface area contributed by atoms with Gasteiger partial charge in [0.2, 0.25) is 0 Å². The van der Waals surface area contributed by atoms with Crippen LogP contribution in [0.2, 0.25) is 0 Å². The van der Waals surface area contributed by atoms with Crippen molar-refractivity contribution in [2.75, 3.05) is 13.1 Å². The zero-order valence-electron chi connectivity index (χ0n) is 10.2. The van der Waals surface area contributed by atoms with Gasteiger partial charge in [-0.2, -0.15) is 0 Å². The number of halogens is 1. The summed E-state index contributed by atoms with van der Waals surface area (Å²) < 4.78 is 1.11. The molecule has 0 bridgehead atoms. The van der Waals surface area contributed by atoms with E-state index in [1.165, 1.54) is 16.2 Å². The molecule has 0 atom stereocenters. The van der Waals surface area contributed by atoms with Crippen LogP contribution >= 0.6 is 38.6 Å². The van der Waals surface area contributed by atoms with E-state index in [4.69, 9.17) is 5.73 Å². The van der Waals surface area contributed by atoms with Crippen LogP contribution in [0.1, 0.15) is 20.4 Å². The molecule has 2 rings (SSSR count). The second-order valence-electron chi connectivity index (χ2n) is 3.88. The maximum Gasteiger partial charge on any atom is 0.270 e. The number of thiazole rings is 1. The molecule has 1 amide bonds. The summed E-state index contributed by atoms with van der Waals surface area (Å²) in [6.07, 6.45) is 1.56. The molecule has 2 heterocycles. The molecule has 0 spiro atoms. The summed E-state index contributed by atoms with van der Waals surface area (Å²) in [5.74, 6) is -0.116. The fourth-order valence-corrected chi connectivity index (χ4v) is 3.81. The fourth-order valence-electron chi connectivity index (χ4n) is 1.53. The molecule has 0 aliphatic carbocycles. The number of thiophene rings is 1. The number of hydrogen-bond acceptors (Lipinski definition) is 5. The summed E-state index contributed by atoms with van der Waals surface area (Å²) in [4.78, 5) is 17.3. The molecular weight excluding hydrogens is 346 g/mol. The van der Waals surface area contributed by atoms with Gasteiger partial charge in [0.1, 0.15) is 5.69 Å². The minimum atomic E-state index is -0.116. The lowest BCUT2D eigenvalue weighted by Crippen LogP contribution is -2.25. The molecule has 102 valence electrons. The molecular formula is C12H14BrN3OS2. The Morgan fingerprint density at radius 3 is 2.95 bits per heavy atom. The lowest BCUT2D eigenvalue weighted by atomic mass is 10.3. The average Bonchev–Trinajstić information content (AvgIpc) is 2.99. The van der Waals surface area contributed by atoms with Crippen LogP contribution in [0.3, 0.4) is 0 Å². The number of nitrogens with zero attached hydrogens (tertiary/aromatic N) is 1. The van der Waals surface area contributed by atoms with Crippen LogP contribution in [-0.2, 0) is 12.8 Å². The Hall–Kier alpha value is -0.760. The first-order valence-corrected chi connectivity index (χ1v) is 8.35. The molecule has 4 nitrogen and oxygen atoms in total. The maximum absolute atomic E-state index is 11.9. The topological polar surface area (TPSA) is 68.0 Å². The first kappa shape index (κ1) is 14.6. The van der Waals surface area contributed by atoms with Gasteiger partial charge < -0.3 is 11.1 Å². The molecule has 0 aromatic carbocycles. The van der Waals surface area contributed by atoms with Crippen LogP contribution in [0.25, 0.3) is 0 Å². The van der Waals surface area contributed by atoms with E-state index in [1.54, 1.807) is 16.7 Å². The molecule has 0 aliphatic heterocycles. The lowest BCUT2D eigenvalue weighted by Gasteiger charge is -2.01. The van der Waals surface area contributed by atoms with E-state index in [0.717, 1.165) is 21.6 Å². The quantitative estimate of drug-likeness (QED) is 0.832. The second-order valence-corrected chi connectivity index (χ2v) is 7.37. The minimum Gasteiger partial charge on any atom is -0.350 e. The number of carbonyl (C=O) groups is 1. The third-order valence-corrected chi connectivity index (χ3v) is 5.02. The van der Waals surface area contributed by atoms with Crippen LogP contribution < -0.4 is 11.1 Å². The van der Waals surface area contributed by atoms with Gasteiger partial charge in [0, 0.05) is 23.2 Å². The normalized spacial score (nSPS) is 10.6. The van der Waals surface area contributed by atoms with Crippen LogP contribution in [0, 0.1) is 0 Å². The minimum absolute atomic E-state index is 0.116. The van der Waals surface area contributed by atoms with Gasteiger partial charge in [-0.3, -0.25) is 4.79 Å². The van der Waals surface area contributed by atoms with E-state index in [1.807, 2.05) is 6.07 Å². The smallest absolute Gasteiger partial charge is 0.270 e. The molecule has 0 saturated carbocycles. The summed E-state index contributed by atoms with van der Waals surface area (Å²) in [5.41, 5.74) is 5.94. The zero-order chi connectivity index (χ0) is 13.7. The van der Waals surface area contributed by atoms with Gasteiger partial charge in [-0.05, 0) is 41.0 Å². The van der Waals surface area contributed by atoms with Crippen LogP contribution in [-0.4, -0.2) is 24.0 Å². The fraction of sp³-hybridized carbons (Fsp3) is 0.333. The Kier molecular flexibility index (Phi) is 5.50. The van der Waals surface area contributed by atoms with Crippen molar-refractivity contribution < 1.29 is 4.79 Å². The standard InChI is InChI=1S/C12H14BrN3OS2/c13-10-2-1-8(19-10)4-6-15-12(17)9-7-18-11(16-9)3-5-14/h1-2,7H,3-6,14H2,(H,15,17). The van der Waals surface area contributed by atoms with Crippen molar-refractivity contribution in [3.05, 3.63) is 36.9 Å². The number of amides is 1. The van der Waals surface area contributed by atoms with E-state index in [2.05, 4.69) is 32.3 Å². The number of rotatable bonds is 6. The highest BCUT2D eigenvalue weighted by Crippen LogP contribution is 2.22. The van der Waals surface area contributed by atoms with Gasteiger partial charge in [0.15, 0.2) is 0 Å². The van der Waals surface area contributed by atoms with Gasteiger partial charge in [0.05, 0.1) is 8.79 Å². The average molecular weight is 360 g/mol. The molecule has 0 saturated heterocycles. The largest absolute Gasteiger partial charge is 0.350 e. The van der Waals surface area contributed by atoms with Gasteiger partial charge in [0.25, 0.3) is 5.91 Å². The van der Waals surface area contributed by atoms with Crippen molar-refractivity contribution in [2.24, 2.45) is 5.73 Å². The molecule has 2 aromatic rings. The van der Waals surface area contributed by atoms with Crippen molar-refractivity contribution in [3.8, 4) is 0 Å². The maximum atomic E-state index is 11.9. The number of carbonyl (C=O) groups excluding carboxylic acids is 1. The van der Waals surface area contributed by atoms with Crippen molar-refractivity contribution in [2.45, 2.75) is 12.8 Å². The SMILES string of the molecule is NCCc1nc(C(=O)NCCc2ccc(Br)s2)cs1. The Labute approximate surface area is 128 Å². The first-order chi connectivity index (χ1) is 9.19. The molecule has 19 heavy (non-hydrogen) atoms. The molecule has 0 unspecified atom stereocenters. The Morgan fingerprint density at radius 2 is 2.26 bits per heavy atom. The van der Waals surface area contributed by atoms with Crippen molar-refractivity contribution in [1.29, 1.82) is 0 Å². The van der Waals surface area contributed by atoms with E-state index < -0.39 is 0 Å². The van der Waals surface area contributed by atoms with E-state index in [9.17, 15) is 4.79 Å². The summed E-state index contributed by atoms with van der Waals surface area (Å²) >= 11 is 6.58. The van der Waals surface area contributed by atoms with E-state index in [0.29, 0.717) is 18.8 Å². The molecule has 2 aromatic heterocycles. The van der Waals surface area contributed by atoms with Crippen molar-refractivity contribution >= 4 is 44.5 Å². The summed E-state index contributed by atoms with van der Waals surface area (Å²) in [7, 11) is 0. The molecule has 0 radical (unpaired) electrons. The highest BCUT2D eigenvalue weighted by Gasteiger charge is 2.10. The number of nitrogens with two attached hydrogens (primary N) is 1. The van der Waals surface area contributed by atoms with Crippen LogP contribution in [0.15, 0.2) is 21.3 Å². The van der Waals surface area contributed by atoms with Gasteiger partial charge >= 0.3 is 0 Å². The Bertz CT molecular complexity index is 553. The highest BCUT2D eigenvalue weighted by atomic mass is 79.9. The monoisotopic (exact) mass is 359 g/mol.